The summed E-state index contributed by atoms with van der Waals surface area (Å²) in [5.41, 5.74) is 6.49. The zero-order chi connectivity index (χ0) is 68.7. The lowest BCUT2D eigenvalue weighted by Gasteiger charge is -2.51. The summed E-state index contributed by atoms with van der Waals surface area (Å²) in [4.78, 5) is 62.3. The summed E-state index contributed by atoms with van der Waals surface area (Å²) in [7, 11) is 0. The maximum atomic E-state index is 12.5. The van der Waals surface area contributed by atoms with E-state index in [1.807, 2.05) is 103 Å². The van der Waals surface area contributed by atoms with Crippen molar-refractivity contribution in [3.63, 3.8) is 0 Å². The topological polar surface area (TPSA) is 278 Å². The zero-order valence-corrected chi connectivity index (χ0v) is 49.7. The van der Waals surface area contributed by atoms with Crippen molar-refractivity contribution in [2.45, 2.75) is 55.8 Å². The largest absolute Gasteiger partial charge is 0.550 e. The van der Waals surface area contributed by atoms with Gasteiger partial charge in [0.15, 0.2) is 0 Å². The number of carboxylic acids is 6. The molecule has 10 aromatic carbocycles. The lowest BCUT2D eigenvalue weighted by molar-refractivity contribution is -0.313. The van der Waals surface area contributed by atoms with Gasteiger partial charge >= 0.3 is 18.3 Å². The number of benzene rings is 10. The summed E-state index contributed by atoms with van der Waals surface area (Å²) in [6.07, 6.45) is -8.39. The molecule has 6 aliphatic rings. The number of phenols is 2. The molecule has 6 aliphatic carbocycles. The van der Waals surface area contributed by atoms with E-state index in [0.29, 0.717) is 42.5 Å². The van der Waals surface area contributed by atoms with E-state index in [2.05, 4.69) is 72.8 Å². The Morgan fingerprint density at radius 1 is 0.436 bits per heavy atom. The summed E-state index contributed by atoms with van der Waals surface area (Å²) in [5.74, 6) is -7.73. The summed E-state index contributed by atoms with van der Waals surface area (Å²) >= 11 is 0. The lowest BCUT2D eigenvalue weighted by atomic mass is 9.53. The van der Waals surface area contributed by atoms with E-state index in [-0.39, 0.29) is 23.3 Å². The van der Waals surface area contributed by atoms with E-state index in [1.165, 1.54) is 33.0 Å². The van der Waals surface area contributed by atoms with Crippen LogP contribution in [-0.4, -0.2) is 51.1 Å². The molecule has 14 nitrogen and oxygen atoms in total. The fourth-order valence-electron chi connectivity index (χ4n) is 11.6. The molecule has 0 saturated carbocycles. The average Bonchev–Trinajstić information content (AvgIpc) is 0.678. The zero-order valence-electron chi connectivity index (χ0n) is 49.7. The number of carbonyl (C=O) groups excluding carboxylic acids is 5. The number of hydrogen-bond donors (Lipinski definition) is 3. The van der Waals surface area contributed by atoms with Crippen molar-refractivity contribution in [2.24, 2.45) is 5.92 Å². The van der Waals surface area contributed by atoms with E-state index in [9.17, 15) is 60.8 Å². The first-order chi connectivity index (χ1) is 44.6. The van der Waals surface area contributed by atoms with Crippen molar-refractivity contribution in [2.75, 3.05) is 0 Å². The molecule has 20 heteroatoms. The van der Waals surface area contributed by atoms with Crippen LogP contribution >= 0.6 is 0 Å². The molecule has 0 radical (unpaired) electrons. The van der Waals surface area contributed by atoms with Crippen molar-refractivity contribution in [1.29, 1.82) is 0 Å². The van der Waals surface area contributed by atoms with Crippen LogP contribution in [0.4, 0.5) is 26.3 Å². The number of phenolic OH excluding ortho intramolecular Hbond substituents is 1. The Morgan fingerprint density at radius 2 is 0.777 bits per heavy atom. The van der Waals surface area contributed by atoms with Crippen molar-refractivity contribution >= 4 is 46.6 Å². The lowest BCUT2D eigenvalue weighted by Crippen LogP contribution is -2.53. The van der Waals surface area contributed by atoms with Crippen molar-refractivity contribution in [3.8, 4) is 11.5 Å². The second-order valence-corrected chi connectivity index (χ2v) is 21.2. The highest BCUT2D eigenvalue weighted by molar-refractivity contribution is 5.95. The normalized spacial score (nSPS) is 16.5. The van der Waals surface area contributed by atoms with Crippen LogP contribution in [0.15, 0.2) is 243 Å². The fraction of sp³-hybridized carbons (Fsp3) is 0.135. The molecule has 0 fully saturated rings. The van der Waals surface area contributed by atoms with Crippen LogP contribution in [0.25, 0.3) is 10.8 Å². The van der Waals surface area contributed by atoms with E-state index >= 15 is 0 Å². The third-order valence-electron chi connectivity index (χ3n) is 15.4. The molecule has 1 unspecified atom stereocenters. The number of aliphatic carboxylic acids is 4. The highest BCUT2D eigenvalue weighted by Gasteiger charge is 2.52. The maximum Gasteiger partial charge on any atom is 0.416 e. The molecule has 0 heterocycles. The molecule has 0 saturated heterocycles. The van der Waals surface area contributed by atoms with Gasteiger partial charge in [-0.15, -0.1) is 0 Å². The minimum absolute atomic E-state index is 0.0394. The molecule has 0 aromatic heterocycles. The van der Waals surface area contributed by atoms with Gasteiger partial charge in [0.25, 0.3) is 0 Å². The van der Waals surface area contributed by atoms with Gasteiger partial charge in [-0.05, 0) is 135 Å². The quantitative estimate of drug-likeness (QED) is 0.138. The number of aromatic carboxylic acids is 2. The summed E-state index contributed by atoms with van der Waals surface area (Å²) in [6, 6.07) is 70.3. The number of aromatic hydroxyl groups is 2. The van der Waals surface area contributed by atoms with Crippen LogP contribution < -0.4 is 25.5 Å². The third-order valence-corrected chi connectivity index (χ3v) is 15.4. The number of rotatable bonds is 4. The molecular formula is C74H55F6O14-5. The predicted molar refractivity (Wildman–Crippen MR) is 324 cm³/mol. The van der Waals surface area contributed by atoms with Gasteiger partial charge in [0.1, 0.15) is 17.1 Å². The Labute approximate surface area is 534 Å². The number of para-hydroxylation sites is 1. The molecule has 0 aliphatic heterocycles. The third kappa shape index (κ3) is 16.3. The van der Waals surface area contributed by atoms with Gasteiger partial charge in [-0.1, -0.05) is 200 Å². The van der Waals surface area contributed by atoms with Gasteiger partial charge in [-0.3, -0.25) is 0 Å². The molecule has 3 N–H and O–H groups in total. The molecular weight excluding hydrogens is 1230 g/mol. The molecule has 94 heavy (non-hydrogen) atoms. The van der Waals surface area contributed by atoms with Crippen molar-refractivity contribution in [3.05, 3.63) is 321 Å². The monoisotopic (exact) mass is 1280 g/mol. The van der Waals surface area contributed by atoms with Gasteiger partial charge in [0, 0.05) is 41.6 Å². The number of carbonyl (C=O) groups is 6. The highest BCUT2D eigenvalue weighted by atomic mass is 19.4. The minimum atomic E-state index is -4.61. The molecule has 0 spiro atoms. The molecule has 1 atom stereocenters. The number of fused-ring (bicyclic) bond motifs is 2. The first-order valence-electron chi connectivity index (χ1n) is 28.5. The Morgan fingerprint density at radius 3 is 1.11 bits per heavy atom. The second kappa shape index (κ2) is 30.5. The van der Waals surface area contributed by atoms with Crippen LogP contribution in [-0.2, 0) is 36.9 Å². The molecule has 482 valence electrons. The van der Waals surface area contributed by atoms with Gasteiger partial charge < -0.3 is 64.8 Å². The van der Waals surface area contributed by atoms with E-state index in [4.69, 9.17) is 35.1 Å². The van der Waals surface area contributed by atoms with Gasteiger partial charge in [-0.25, -0.2) is 4.79 Å². The minimum Gasteiger partial charge on any atom is -0.550 e. The summed E-state index contributed by atoms with van der Waals surface area (Å²) < 4.78 is 72.1. The number of alkyl halides is 6. The molecule has 10 aromatic rings. The standard InChI is InChI=1S/C21H14O2.C17H14O2.C10H8.C8H5F3O3.C8H5F3O2.C6H6O.2C2H4O2/c22-20(23)21-16-10-4-1-7-13(16)19(14-8-2-5-11-17(14)21)15-9-3-6-12-18(15)21;18-17(19)15-9-14-10-5-1-3-7-12(10)16(15)13-8-4-2-6-11(13)14;1-2-6-10-8-4-3-7-9(10)5-1;9-8(10,11)4-1-2-6(12)5(3-4)7(13)14;9-8(10,11)6-3-1-5(2-4-6)7(12)13;7-6-4-2-1-3-5-6;2*1-2(3)4/h1-12,19H,(H,22,23);1-8,14-16H,9H2,(H,18,19);1-8H;1-3,12H,(H,13,14);1-4H,(H,12,13);1-5,7H;2*1H3,(H,3,4)/p-5. The number of hydrogen-bond acceptors (Lipinski definition) is 13. The van der Waals surface area contributed by atoms with Crippen molar-refractivity contribution < 1.29 is 96.0 Å². The van der Waals surface area contributed by atoms with Crippen LogP contribution in [0.1, 0.15) is 125 Å². The first-order valence-corrected chi connectivity index (χ1v) is 28.5. The Bertz CT molecular complexity index is 4090. The van der Waals surface area contributed by atoms with E-state index in [1.54, 1.807) is 24.3 Å². The fourth-order valence-corrected chi connectivity index (χ4v) is 11.6. The number of halogens is 6. The van der Waals surface area contributed by atoms with E-state index < -0.39 is 81.9 Å². The first kappa shape index (κ1) is 69.9. The highest BCUT2D eigenvalue weighted by Crippen LogP contribution is 2.59. The van der Waals surface area contributed by atoms with Gasteiger partial charge in [-0.2, -0.15) is 26.3 Å². The predicted octanol–water partition coefficient (Wildman–Crippen LogP) is 9.53. The summed E-state index contributed by atoms with van der Waals surface area (Å²) in [6.45, 7) is 1.94. The molecule has 16 rings (SSSR count). The number of carboxylic acid groups (broad SMARTS) is 6. The van der Waals surface area contributed by atoms with Crippen LogP contribution in [0, 0.1) is 5.92 Å². The Balaban J connectivity index is 0.000000161. The van der Waals surface area contributed by atoms with Gasteiger partial charge in [0.05, 0.1) is 28.5 Å². The van der Waals surface area contributed by atoms with Crippen LogP contribution in [0.2, 0.25) is 0 Å². The molecule has 0 amide bonds. The SMILES string of the molecule is CC(=O)[O-].CC(=O)[O-].O=C(O)c1cc(C(F)(F)F)ccc1O.O=C([O-])C12c3ccccc3C(c3ccccc31)c1ccccc12.O=C([O-])C1CC2c3ccccc3C1c1ccccc12.O=C([O-])c1ccc(C(F)(F)F)cc1.Oc1ccccc1.c1ccc2ccccc2c1. The average molecular weight is 1280 g/mol. The molecule has 4 bridgehead atoms. The Hall–Kier alpha value is -11.5. The van der Waals surface area contributed by atoms with Crippen LogP contribution in [0.3, 0.4) is 0 Å². The van der Waals surface area contributed by atoms with Gasteiger partial charge in [0.2, 0.25) is 0 Å². The van der Waals surface area contributed by atoms with Crippen LogP contribution in [0.5, 0.6) is 11.5 Å². The Kier molecular flexibility index (Phi) is 22.7. The summed E-state index contributed by atoms with van der Waals surface area (Å²) in [5, 5.41) is 80.5. The van der Waals surface area contributed by atoms with Crippen molar-refractivity contribution in [1.82, 2.24) is 0 Å². The second-order valence-electron chi connectivity index (χ2n) is 21.2. The van der Waals surface area contributed by atoms with E-state index in [0.717, 1.165) is 59.4 Å². The maximum absolute atomic E-state index is 12.5. The smallest absolute Gasteiger partial charge is 0.416 e.